The van der Waals surface area contributed by atoms with Crippen LogP contribution in [0.1, 0.15) is 47.2 Å². The average molecular weight is 229 g/mol. The number of carbonyl (C=O) groups excluding carboxylic acids is 1. The molecule has 1 amide bonds. The van der Waals surface area contributed by atoms with E-state index in [0.29, 0.717) is 6.04 Å². The maximum absolute atomic E-state index is 12.2. The Balaban J connectivity index is 1.73. The maximum Gasteiger partial charge on any atom is 0.254 e. The van der Waals surface area contributed by atoms with Crippen molar-refractivity contribution in [3.8, 4) is 0 Å². The molecule has 3 aliphatic rings. The first-order valence-corrected chi connectivity index (χ1v) is 6.34. The lowest BCUT2D eigenvalue weighted by Gasteiger charge is -2.13. The molecule has 3 heteroatoms. The van der Waals surface area contributed by atoms with Crippen molar-refractivity contribution in [2.24, 2.45) is 0 Å². The van der Waals surface area contributed by atoms with Crippen LogP contribution in [-0.2, 0) is 12.1 Å². The van der Waals surface area contributed by atoms with Crippen LogP contribution in [0.5, 0.6) is 0 Å². The molecule has 0 spiro atoms. The maximum atomic E-state index is 12.2. The second kappa shape index (κ2) is 2.91. The van der Waals surface area contributed by atoms with Crippen LogP contribution in [0.4, 0.5) is 0 Å². The van der Waals surface area contributed by atoms with Crippen LogP contribution in [0.15, 0.2) is 18.2 Å². The Morgan fingerprint density at radius 1 is 1.29 bits per heavy atom. The van der Waals surface area contributed by atoms with Gasteiger partial charge in [-0.15, -0.1) is 0 Å². The number of fused-ring (bicyclic) bond motifs is 1. The predicted octanol–water partition coefficient (Wildman–Crippen LogP) is 1.79. The van der Waals surface area contributed by atoms with Gasteiger partial charge in [-0.2, -0.15) is 0 Å². The summed E-state index contributed by atoms with van der Waals surface area (Å²) in [5.74, 6) is 0.161. The van der Waals surface area contributed by atoms with E-state index in [9.17, 15) is 9.90 Å². The van der Waals surface area contributed by atoms with Crippen LogP contribution >= 0.6 is 0 Å². The van der Waals surface area contributed by atoms with Gasteiger partial charge in [0.2, 0.25) is 0 Å². The van der Waals surface area contributed by atoms with Gasteiger partial charge in [-0.3, -0.25) is 4.79 Å². The van der Waals surface area contributed by atoms with Gasteiger partial charge in [-0.05, 0) is 42.9 Å². The van der Waals surface area contributed by atoms with Gasteiger partial charge in [-0.25, -0.2) is 0 Å². The summed E-state index contributed by atoms with van der Waals surface area (Å²) in [4.78, 5) is 14.2. The van der Waals surface area contributed by atoms with Gasteiger partial charge < -0.3 is 10.0 Å². The van der Waals surface area contributed by atoms with Crippen molar-refractivity contribution in [2.45, 2.75) is 43.9 Å². The number of nitrogens with zero attached hydrogens (tertiary/aromatic N) is 1. The number of benzene rings is 1. The molecule has 0 bridgehead atoms. The van der Waals surface area contributed by atoms with Gasteiger partial charge in [0.05, 0.1) is 5.60 Å². The number of rotatable bonds is 2. The molecule has 1 aliphatic heterocycles. The molecule has 17 heavy (non-hydrogen) atoms. The third-order valence-electron chi connectivity index (χ3n) is 4.19. The summed E-state index contributed by atoms with van der Waals surface area (Å²) < 4.78 is 0. The van der Waals surface area contributed by atoms with Crippen molar-refractivity contribution in [1.29, 1.82) is 0 Å². The molecule has 2 fully saturated rings. The smallest absolute Gasteiger partial charge is 0.254 e. The highest BCUT2D eigenvalue weighted by atomic mass is 16.3. The van der Waals surface area contributed by atoms with Crippen LogP contribution in [0, 0.1) is 0 Å². The molecule has 1 aromatic carbocycles. The summed E-state index contributed by atoms with van der Waals surface area (Å²) in [7, 11) is 0. The molecule has 0 atom stereocenters. The van der Waals surface area contributed by atoms with Crippen molar-refractivity contribution < 1.29 is 9.90 Å². The summed E-state index contributed by atoms with van der Waals surface area (Å²) in [6.07, 6.45) is 3.95. The van der Waals surface area contributed by atoms with E-state index in [1.54, 1.807) is 0 Å². The zero-order valence-electron chi connectivity index (χ0n) is 9.65. The molecular weight excluding hydrogens is 214 g/mol. The first kappa shape index (κ1) is 9.66. The van der Waals surface area contributed by atoms with Gasteiger partial charge in [0, 0.05) is 18.2 Å². The molecule has 0 aromatic heterocycles. The molecule has 2 saturated carbocycles. The van der Waals surface area contributed by atoms with E-state index in [4.69, 9.17) is 0 Å². The molecule has 1 aromatic rings. The Kier molecular flexibility index (Phi) is 1.65. The van der Waals surface area contributed by atoms with E-state index in [2.05, 4.69) is 0 Å². The Morgan fingerprint density at radius 3 is 2.71 bits per heavy atom. The van der Waals surface area contributed by atoms with Crippen molar-refractivity contribution >= 4 is 5.91 Å². The van der Waals surface area contributed by atoms with Crippen LogP contribution in [0.3, 0.4) is 0 Å². The second-order valence-electron chi connectivity index (χ2n) is 5.57. The van der Waals surface area contributed by atoms with Gasteiger partial charge in [0.15, 0.2) is 0 Å². The molecule has 88 valence electrons. The predicted molar refractivity (Wildman–Crippen MR) is 62.5 cm³/mol. The minimum absolute atomic E-state index is 0.161. The zero-order valence-corrected chi connectivity index (χ0v) is 9.65. The van der Waals surface area contributed by atoms with Gasteiger partial charge in [0.25, 0.3) is 5.91 Å². The van der Waals surface area contributed by atoms with Gasteiger partial charge >= 0.3 is 0 Å². The highest BCUT2D eigenvalue weighted by Crippen LogP contribution is 2.46. The zero-order chi connectivity index (χ0) is 11.6. The van der Waals surface area contributed by atoms with E-state index >= 15 is 0 Å². The Morgan fingerprint density at radius 2 is 2.06 bits per heavy atom. The fourth-order valence-corrected chi connectivity index (χ4v) is 2.70. The van der Waals surface area contributed by atoms with Crippen LogP contribution in [0.2, 0.25) is 0 Å². The van der Waals surface area contributed by atoms with Crippen LogP contribution in [-0.4, -0.2) is 22.0 Å². The van der Waals surface area contributed by atoms with Crippen LogP contribution in [0.25, 0.3) is 0 Å². The van der Waals surface area contributed by atoms with Crippen molar-refractivity contribution in [2.75, 3.05) is 0 Å². The number of amides is 1. The minimum Gasteiger partial charge on any atom is -0.385 e. The number of hydrogen-bond acceptors (Lipinski definition) is 2. The van der Waals surface area contributed by atoms with Gasteiger partial charge in [-0.1, -0.05) is 12.1 Å². The van der Waals surface area contributed by atoms with Crippen molar-refractivity contribution in [1.82, 2.24) is 4.90 Å². The van der Waals surface area contributed by atoms with Crippen molar-refractivity contribution in [3.63, 3.8) is 0 Å². The summed E-state index contributed by atoms with van der Waals surface area (Å²) in [6, 6.07) is 6.38. The largest absolute Gasteiger partial charge is 0.385 e. The lowest BCUT2D eigenvalue weighted by molar-refractivity contribution is 0.0766. The topological polar surface area (TPSA) is 40.5 Å². The van der Waals surface area contributed by atoms with Crippen LogP contribution < -0.4 is 0 Å². The van der Waals surface area contributed by atoms with Gasteiger partial charge in [0.1, 0.15) is 0 Å². The average Bonchev–Trinajstić information content (AvgIpc) is 3.23. The minimum atomic E-state index is -0.637. The Hall–Kier alpha value is -1.35. The second-order valence-corrected chi connectivity index (χ2v) is 5.57. The summed E-state index contributed by atoms with van der Waals surface area (Å²) in [5, 5.41) is 10.1. The third-order valence-corrected chi connectivity index (χ3v) is 4.19. The highest BCUT2D eigenvalue weighted by molar-refractivity contribution is 5.99. The highest BCUT2D eigenvalue weighted by Gasteiger charge is 2.44. The summed E-state index contributed by atoms with van der Waals surface area (Å²) >= 11 is 0. The Bertz CT molecular complexity index is 515. The van der Waals surface area contributed by atoms with E-state index in [1.165, 1.54) is 0 Å². The van der Waals surface area contributed by atoms with E-state index in [0.717, 1.165) is 48.9 Å². The SMILES string of the molecule is O=C1c2cc(C3(O)CC3)ccc2CN1C1CC1. The third kappa shape index (κ3) is 1.35. The molecule has 0 saturated heterocycles. The van der Waals surface area contributed by atoms with E-state index in [-0.39, 0.29) is 5.91 Å². The fourth-order valence-electron chi connectivity index (χ4n) is 2.70. The molecule has 0 radical (unpaired) electrons. The molecule has 0 unspecified atom stereocenters. The first-order valence-electron chi connectivity index (χ1n) is 6.34. The molecule has 1 heterocycles. The monoisotopic (exact) mass is 229 g/mol. The molecule has 4 rings (SSSR count). The number of aliphatic hydroxyl groups is 1. The lowest BCUT2D eigenvalue weighted by atomic mass is 10.0. The number of carbonyl (C=O) groups is 1. The normalized spacial score (nSPS) is 25.0. The molecule has 1 N–H and O–H groups in total. The summed E-state index contributed by atoms with van der Waals surface area (Å²) in [5.41, 5.74) is 2.22. The summed E-state index contributed by atoms with van der Waals surface area (Å²) in [6.45, 7) is 0.761. The quantitative estimate of drug-likeness (QED) is 0.839. The first-order chi connectivity index (χ1) is 8.17. The molecular formula is C14H15NO2. The number of hydrogen-bond donors (Lipinski definition) is 1. The standard InChI is InChI=1S/C14H15NO2/c16-13-12-7-10(14(17)5-6-14)2-1-9(12)8-15(13)11-3-4-11/h1-2,7,11,17H,3-6,8H2. The van der Waals surface area contributed by atoms with E-state index in [1.807, 2.05) is 23.1 Å². The van der Waals surface area contributed by atoms with E-state index < -0.39 is 5.60 Å². The fraction of sp³-hybridized carbons (Fsp3) is 0.500. The molecule has 3 nitrogen and oxygen atoms in total. The molecule has 2 aliphatic carbocycles. The lowest BCUT2D eigenvalue weighted by Crippen LogP contribution is -2.25. The Labute approximate surface area is 100 Å². The van der Waals surface area contributed by atoms with Crippen molar-refractivity contribution in [3.05, 3.63) is 34.9 Å².